The fourth-order valence-corrected chi connectivity index (χ4v) is 4.60. The maximum absolute atomic E-state index is 9.07. The van der Waals surface area contributed by atoms with Gasteiger partial charge in [-0.1, -0.05) is 31.0 Å². The van der Waals surface area contributed by atoms with Gasteiger partial charge >= 0.3 is 0 Å². The highest BCUT2D eigenvalue weighted by atomic mass is 16.5. The molecule has 2 aromatic carbocycles. The molecular formula is C25H30N2O2. The van der Waals surface area contributed by atoms with Crippen molar-refractivity contribution in [2.75, 3.05) is 26.3 Å². The monoisotopic (exact) mass is 390 g/mol. The number of nitrogens with zero attached hydrogens (tertiary/aromatic N) is 1. The predicted molar refractivity (Wildman–Crippen MR) is 114 cm³/mol. The summed E-state index contributed by atoms with van der Waals surface area (Å²) in [5.41, 5.74) is 1.99. The number of piperidine rings is 1. The molecule has 1 saturated heterocycles. The second-order valence-corrected chi connectivity index (χ2v) is 8.34. The van der Waals surface area contributed by atoms with Crippen LogP contribution < -0.4 is 14.8 Å². The van der Waals surface area contributed by atoms with Crippen molar-refractivity contribution in [2.45, 2.75) is 38.0 Å². The number of ether oxygens (including phenoxy) is 2. The van der Waals surface area contributed by atoms with E-state index in [1.54, 1.807) is 6.07 Å². The van der Waals surface area contributed by atoms with E-state index < -0.39 is 0 Å². The highest BCUT2D eigenvalue weighted by molar-refractivity contribution is 5.36. The molecule has 0 aromatic heterocycles. The average Bonchev–Trinajstić information content (AvgIpc) is 3.31. The van der Waals surface area contributed by atoms with Crippen molar-refractivity contribution in [3.63, 3.8) is 0 Å². The lowest BCUT2D eigenvalue weighted by Gasteiger charge is -2.32. The van der Waals surface area contributed by atoms with E-state index in [1.165, 1.54) is 31.2 Å². The Morgan fingerprint density at radius 2 is 1.72 bits per heavy atom. The van der Waals surface area contributed by atoms with Gasteiger partial charge in [0.25, 0.3) is 0 Å². The number of benzene rings is 2. The van der Waals surface area contributed by atoms with Crippen LogP contribution >= 0.6 is 0 Å². The topological polar surface area (TPSA) is 54.3 Å². The minimum Gasteiger partial charge on any atom is -0.493 e. The summed E-state index contributed by atoms with van der Waals surface area (Å²) >= 11 is 0. The quantitative estimate of drug-likeness (QED) is 0.731. The smallest absolute Gasteiger partial charge is 0.120 e. The van der Waals surface area contributed by atoms with Crippen LogP contribution in [0.3, 0.4) is 0 Å². The lowest BCUT2D eigenvalue weighted by Crippen LogP contribution is -2.38. The molecule has 1 saturated carbocycles. The normalized spacial score (nSPS) is 22.2. The van der Waals surface area contributed by atoms with Crippen molar-refractivity contribution in [2.24, 2.45) is 11.8 Å². The van der Waals surface area contributed by atoms with Gasteiger partial charge < -0.3 is 14.8 Å². The zero-order chi connectivity index (χ0) is 19.9. The zero-order valence-electron chi connectivity index (χ0n) is 17.0. The SMILES string of the molecule is N#Cc1cccc(OCC2CNCCC2c2ccc(OCC3CCCC3)cc2)c1. The summed E-state index contributed by atoms with van der Waals surface area (Å²) < 4.78 is 12.1. The van der Waals surface area contributed by atoms with Gasteiger partial charge in [-0.3, -0.25) is 0 Å². The first kappa shape index (κ1) is 19.8. The molecule has 0 radical (unpaired) electrons. The first-order valence-electron chi connectivity index (χ1n) is 10.9. The molecule has 4 rings (SSSR count). The van der Waals surface area contributed by atoms with Crippen molar-refractivity contribution in [3.8, 4) is 17.6 Å². The molecule has 1 aliphatic heterocycles. The highest BCUT2D eigenvalue weighted by Gasteiger charge is 2.27. The van der Waals surface area contributed by atoms with Gasteiger partial charge in [0, 0.05) is 12.5 Å². The number of nitrogens with one attached hydrogen (secondary N) is 1. The van der Waals surface area contributed by atoms with E-state index in [-0.39, 0.29) is 0 Å². The van der Waals surface area contributed by atoms with Crippen molar-refractivity contribution in [1.29, 1.82) is 5.26 Å². The molecule has 29 heavy (non-hydrogen) atoms. The third kappa shape index (κ3) is 5.31. The summed E-state index contributed by atoms with van der Waals surface area (Å²) in [6.07, 6.45) is 6.44. The minimum atomic E-state index is 0.403. The Bertz CT molecular complexity index is 821. The van der Waals surface area contributed by atoms with Crippen LogP contribution in [0.15, 0.2) is 48.5 Å². The van der Waals surface area contributed by atoms with E-state index in [2.05, 4.69) is 35.7 Å². The maximum Gasteiger partial charge on any atom is 0.120 e. The fourth-order valence-electron chi connectivity index (χ4n) is 4.60. The molecule has 2 fully saturated rings. The van der Waals surface area contributed by atoms with Gasteiger partial charge in [-0.05, 0) is 73.5 Å². The van der Waals surface area contributed by atoms with Crippen molar-refractivity contribution in [3.05, 3.63) is 59.7 Å². The summed E-state index contributed by atoms with van der Waals surface area (Å²) in [6, 6.07) is 18.3. The van der Waals surface area contributed by atoms with E-state index in [4.69, 9.17) is 14.7 Å². The predicted octanol–water partition coefficient (Wildman–Crippen LogP) is 4.90. The summed E-state index contributed by atoms with van der Waals surface area (Å²) in [5, 5.41) is 12.6. The van der Waals surface area contributed by atoms with E-state index >= 15 is 0 Å². The number of hydrogen-bond donors (Lipinski definition) is 1. The zero-order valence-corrected chi connectivity index (χ0v) is 17.0. The summed E-state index contributed by atoms with van der Waals surface area (Å²) in [4.78, 5) is 0. The summed E-state index contributed by atoms with van der Waals surface area (Å²) in [6.45, 7) is 3.48. The maximum atomic E-state index is 9.07. The third-order valence-electron chi connectivity index (χ3n) is 6.30. The van der Waals surface area contributed by atoms with E-state index in [0.717, 1.165) is 43.5 Å². The molecule has 4 nitrogen and oxygen atoms in total. The molecule has 0 spiro atoms. The number of hydrogen-bond acceptors (Lipinski definition) is 4. The van der Waals surface area contributed by atoms with Crippen LogP contribution in [-0.4, -0.2) is 26.3 Å². The second kappa shape index (κ2) is 9.80. The molecule has 2 atom stereocenters. The lowest BCUT2D eigenvalue weighted by molar-refractivity contribution is 0.197. The molecule has 2 unspecified atom stereocenters. The Labute approximate surface area is 173 Å². The minimum absolute atomic E-state index is 0.403. The van der Waals surface area contributed by atoms with E-state index in [0.29, 0.717) is 24.0 Å². The molecule has 1 aliphatic carbocycles. The third-order valence-corrected chi connectivity index (χ3v) is 6.30. The molecule has 2 aliphatic rings. The molecule has 1 heterocycles. The van der Waals surface area contributed by atoms with Crippen LogP contribution in [0.25, 0.3) is 0 Å². The van der Waals surface area contributed by atoms with Crippen LogP contribution in [-0.2, 0) is 0 Å². The Kier molecular flexibility index (Phi) is 6.69. The molecule has 0 amide bonds. The fraction of sp³-hybridized carbons (Fsp3) is 0.480. The Morgan fingerprint density at radius 3 is 2.52 bits per heavy atom. The molecule has 1 N–H and O–H groups in total. The van der Waals surface area contributed by atoms with E-state index in [1.807, 2.05) is 18.2 Å². The molecule has 0 bridgehead atoms. The first-order valence-corrected chi connectivity index (χ1v) is 10.9. The Hall–Kier alpha value is -2.51. The van der Waals surface area contributed by atoms with E-state index in [9.17, 15) is 0 Å². The van der Waals surface area contributed by atoms with Gasteiger partial charge in [-0.2, -0.15) is 5.26 Å². The molecular weight excluding hydrogens is 360 g/mol. The van der Waals surface area contributed by atoms with Crippen LogP contribution in [0.5, 0.6) is 11.5 Å². The first-order chi connectivity index (χ1) is 14.3. The average molecular weight is 391 g/mol. The van der Waals surface area contributed by atoms with Crippen LogP contribution in [0.2, 0.25) is 0 Å². The lowest BCUT2D eigenvalue weighted by atomic mass is 9.81. The Morgan fingerprint density at radius 1 is 0.931 bits per heavy atom. The van der Waals surface area contributed by atoms with Crippen molar-refractivity contribution in [1.82, 2.24) is 5.32 Å². The van der Waals surface area contributed by atoms with Gasteiger partial charge in [0.1, 0.15) is 11.5 Å². The largest absolute Gasteiger partial charge is 0.493 e. The molecule has 4 heteroatoms. The summed E-state index contributed by atoms with van der Waals surface area (Å²) in [7, 11) is 0. The van der Waals surface area contributed by atoms with Gasteiger partial charge in [0.15, 0.2) is 0 Å². The Balaban J connectivity index is 1.35. The molecule has 2 aromatic rings. The van der Waals surface area contributed by atoms with Gasteiger partial charge in [0.2, 0.25) is 0 Å². The number of nitriles is 1. The second-order valence-electron chi connectivity index (χ2n) is 8.34. The van der Waals surface area contributed by atoms with Gasteiger partial charge in [0.05, 0.1) is 24.8 Å². The van der Waals surface area contributed by atoms with Crippen LogP contribution in [0.4, 0.5) is 0 Å². The van der Waals surface area contributed by atoms with Crippen LogP contribution in [0, 0.1) is 23.2 Å². The van der Waals surface area contributed by atoms with Gasteiger partial charge in [-0.15, -0.1) is 0 Å². The standard InChI is InChI=1S/C25H30N2O2/c26-15-20-6-3-7-24(14-20)29-18-22-16-27-13-12-25(22)21-8-10-23(11-9-21)28-17-19-4-1-2-5-19/h3,6-11,14,19,22,25,27H,1-2,4-5,12-13,16-18H2. The van der Waals surface area contributed by atoms with Gasteiger partial charge in [-0.25, -0.2) is 0 Å². The van der Waals surface area contributed by atoms with Crippen molar-refractivity contribution < 1.29 is 9.47 Å². The van der Waals surface area contributed by atoms with Crippen molar-refractivity contribution >= 4 is 0 Å². The number of rotatable bonds is 7. The molecule has 152 valence electrons. The van der Waals surface area contributed by atoms with Crippen LogP contribution in [0.1, 0.15) is 49.1 Å². The summed E-state index contributed by atoms with van der Waals surface area (Å²) in [5.74, 6) is 3.36. The highest BCUT2D eigenvalue weighted by Crippen LogP contribution is 2.32.